The highest BCUT2D eigenvalue weighted by Gasteiger charge is 2.08. The molecule has 0 radical (unpaired) electrons. The molecule has 0 fully saturated rings. The van der Waals surface area contributed by atoms with Crippen molar-refractivity contribution >= 4 is 0 Å². The number of benzene rings is 2. The number of methoxy groups -OCH3 is 2. The van der Waals surface area contributed by atoms with E-state index in [1.807, 2.05) is 54.7 Å². The number of quaternary nitrogens is 1. The highest BCUT2D eigenvalue weighted by atomic mass is 16.5. The van der Waals surface area contributed by atoms with Crippen LogP contribution in [0.15, 0.2) is 42.5 Å². The lowest BCUT2D eigenvalue weighted by molar-refractivity contribution is -0.661. The molecule has 148 valence electrons. The summed E-state index contributed by atoms with van der Waals surface area (Å²) in [6, 6.07) is 13.6. The topological polar surface area (TPSA) is 73.8 Å². The van der Waals surface area contributed by atoms with E-state index in [0.717, 1.165) is 17.9 Å². The summed E-state index contributed by atoms with van der Waals surface area (Å²) in [5.41, 5.74) is 2.18. The minimum Gasteiger partial charge on any atom is -0.493 e. The maximum absolute atomic E-state index is 10.0. The number of aliphatic hydroxyl groups is 1. The van der Waals surface area contributed by atoms with Gasteiger partial charge in [0.1, 0.15) is 31.5 Å². The zero-order valence-electron chi connectivity index (χ0n) is 16.3. The zero-order valence-corrected chi connectivity index (χ0v) is 16.3. The third-order valence-electron chi connectivity index (χ3n) is 4.08. The average molecular weight is 376 g/mol. The molecular formula is C21H30NO5+. The third kappa shape index (κ3) is 7.46. The van der Waals surface area contributed by atoms with Gasteiger partial charge < -0.3 is 29.4 Å². The molecule has 6 heteroatoms. The first-order chi connectivity index (χ1) is 13.1. The smallest absolute Gasteiger partial charge is 0.161 e. The molecule has 2 aromatic carbocycles. The van der Waals surface area contributed by atoms with Crippen LogP contribution in [0.5, 0.6) is 17.2 Å². The second-order valence-electron chi connectivity index (χ2n) is 6.33. The normalized spacial score (nSPS) is 11.9. The van der Waals surface area contributed by atoms with E-state index in [9.17, 15) is 5.11 Å². The van der Waals surface area contributed by atoms with Crippen LogP contribution in [-0.4, -0.2) is 51.7 Å². The molecule has 0 aliphatic rings. The molecule has 0 aliphatic carbocycles. The van der Waals surface area contributed by atoms with Crippen LogP contribution in [0.3, 0.4) is 0 Å². The highest BCUT2D eigenvalue weighted by Crippen LogP contribution is 2.27. The summed E-state index contributed by atoms with van der Waals surface area (Å²) in [5.74, 6) is 2.22. The van der Waals surface area contributed by atoms with Crippen molar-refractivity contribution in [3.8, 4) is 17.2 Å². The largest absolute Gasteiger partial charge is 0.493 e. The number of hydrogen-bond donors (Lipinski definition) is 2. The van der Waals surface area contributed by atoms with Crippen molar-refractivity contribution in [2.24, 2.45) is 0 Å². The Balaban J connectivity index is 1.58. The van der Waals surface area contributed by atoms with E-state index < -0.39 is 6.10 Å². The van der Waals surface area contributed by atoms with Crippen molar-refractivity contribution in [1.29, 1.82) is 0 Å². The molecule has 0 saturated heterocycles. The van der Waals surface area contributed by atoms with Crippen molar-refractivity contribution < 1.29 is 29.4 Å². The Hall–Kier alpha value is -2.28. The molecule has 0 saturated carbocycles. The number of aliphatic hydroxyl groups excluding tert-OH is 1. The summed E-state index contributed by atoms with van der Waals surface area (Å²) in [5, 5.41) is 12.0. The quantitative estimate of drug-likeness (QED) is 0.550. The van der Waals surface area contributed by atoms with E-state index in [0.29, 0.717) is 31.3 Å². The minimum absolute atomic E-state index is 0.281. The van der Waals surface area contributed by atoms with E-state index in [1.165, 1.54) is 5.56 Å². The molecule has 27 heavy (non-hydrogen) atoms. The van der Waals surface area contributed by atoms with Gasteiger partial charge in [-0.05, 0) is 36.8 Å². The zero-order chi connectivity index (χ0) is 19.5. The van der Waals surface area contributed by atoms with Gasteiger partial charge in [-0.1, -0.05) is 23.8 Å². The lowest BCUT2D eigenvalue weighted by Crippen LogP contribution is -2.87. The van der Waals surface area contributed by atoms with Crippen LogP contribution < -0.4 is 19.5 Å². The van der Waals surface area contributed by atoms with E-state index in [-0.39, 0.29) is 6.61 Å². The third-order valence-corrected chi connectivity index (χ3v) is 4.08. The Morgan fingerprint density at radius 1 is 1.00 bits per heavy atom. The fraction of sp³-hybridized carbons (Fsp3) is 0.429. The molecule has 0 aliphatic heterocycles. The van der Waals surface area contributed by atoms with Gasteiger partial charge in [-0.2, -0.15) is 0 Å². The van der Waals surface area contributed by atoms with Crippen molar-refractivity contribution in [2.75, 3.05) is 40.5 Å². The van der Waals surface area contributed by atoms with Gasteiger partial charge in [-0.25, -0.2) is 0 Å². The number of rotatable bonds is 12. The Kier molecular flexibility index (Phi) is 8.91. The van der Waals surface area contributed by atoms with Crippen LogP contribution in [0, 0.1) is 6.92 Å². The first kappa shape index (κ1) is 21.0. The summed E-state index contributed by atoms with van der Waals surface area (Å²) >= 11 is 0. The molecule has 0 heterocycles. The summed E-state index contributed by atoms with van der Waals surface area (Å²) in [7, 11) is 3.21. The van der Waals surface area contributed by atoms with Gasteiger partial charge in [0.25, 0.3) is 0 Å². The van der Waals surface area contributed by atoms with Crippen molar-refractivity contribution in [3.05, 3.63) is 53.6 Å². The molecule has 2 aromatic rings. The maximum atomic E-state index is 10.0. The van der Waals surface area contributed by atoms with Gasteiger partial charge in [-0.15, -0.1) is 0 Å². The van der Waals surface area contributed by atoms with E-state index in [1.54, 1.807) is 14.2 Å². The van der Waals surface area contributed by atoms with E-state index >= 15 is 0 Å². The second kappa shape index (κ2) is 11.4. The summed E-state index contributed by atoms with van der Waals surface area (Å²) in [4.78, 5) is 0. The van der Waals surface area contributed by atoms with Gasteiger partial charge in [-0.3, -0.25) is 0 Å². The molecule has 0 unspecified atom stereocenters. The lowest BCUT2D eigenvalue weighted by atomic mass is 10.2. The van der Waals surface area contributed by atoms with Crippen LogP contribution in [0.25, 0.3) is 0 Å². The lowest BCUT2D eigenvalue weighted by Gasteiger charge is -2.12. The minimum atomic E-state index is -0.524. The van der Waals surface area contributed by atoms with E-state index in [4.69, 9.17) is 18.9 Å². The van der Waals surface area contributed by atoms with Crippen molar-refractivity contribution in [1.82, 2.24) is 0 Å². The summed E-state index contributed by atoms with van der Waals surface area (Å²) < 4.78 is 21.7. The number of hydrogen-bond acceptors (Lipinski definition) is 5. The maximum Gasteiger partial charge on any atom is 0.161 e. The molecule has 0 spiro atoms. The highest BCUT2D eigenvalue weighted by molar-refractivity contribution is 5.42. The summed E-state index contributed by atoms with van der Waals surface area (Å²) in [6.45, 7) is 4.69. The number of aryl methyl sites for hydroxylation is 1. The van der Waals surface area contributed by atoms with Gasteiger partial charge >= 0.3 is 0 Å². The fourth-order valence-electron chi connectivity index (χ4n) is 2.56. The molecule has 0 aromatic heterocycles. The van der Waals surface area contributed by atoms with Gasteiger partial charge in [0, 0.05) is 0 Å². The molecule has 0 bridgehead atoms. The molecule has 0 amide bonds. The SMILES string of the molecule is COc1ccc(COC[C@H](O)C[NH2+]CCOc2ccc(C)cc2)cc1OC. The van der Waals surface area contributed by atoms with Gasteiger partial charge in [0.2, 0.25) is 0 Å². The molecule has 1 atom stereocenters. The Morgan fingerprint density at radius 2 is 1.74 bits per heavy atom. The molecule has 2 rings (SSSR count). The van der Waals surface area contributed by atoms with Gasteiger partial charge in [0.05, 0.1) is 27.4 Å². The van der Waals surface area contributed by atoms with Crippen LogP contribution in [0.2, 0.25) is 0 Å². The molecule has 6 nitrogen and oxygen atoms in total. The Morgan fingerprint density at radius 3 is 2.44 bits per heavy atom. The monoisotopic (exact) mass is 376 g/mol. The van der Waals surface area contributed by atoms with Gasteiger partial charge in [0.15, 0.2) is 11.5 Å². The average Bonchev–Trinajstić information content (AvgIpc) is 2.69. The molecular weight excluding hydrogens is 346 g/mol. The summed E-state index contributed by atoms with van der Waals surface area (Å²) in [6.07, 6.45) is -0.524. The van der Waals surface area contributed by atoms with Crippen molar-refractivity contribution in [2.45, 2.75) is 19.6 Å². The molecule has 3 N–H and O–H groups in total. The number of ether oxygens (including phenoxy) is 4. The number of nitrogens with two attached hydrogens (primary N) is 1. The van der Waals surface area contributed by atoms with Crippen LogP contribution in [-0.2, 0) is 11.3 Å². The fourth-order valence-corrected chi connectivity index (χ4v) is 2.56. The van der Waals surface area contributed by atoms with Crippen LogP contribution in [0.4, 0.5) is 0 Å². The van der Waals surface area contributed by atoms with Crippen molar-refractivity contribution in [3.63, 3.8) is 0 Å². The first-order valence-corrected chi connectivity index (χ1v) is 9.10. The van der Waals surface area contributed by atoms with Crippen LogP contribution in [0.1, 0.15) is 11.1 Å². The predicted octanol–water partition coefficient (Wildman–Crippen LogP) is 1.53. The Bertz CT molecular complexity index is 675. The van der Waals surface area contributed by atoms with Crippen LogP contribution >= 0.6 is 0 Å². The Labute approximate surface area is 161 Å². The first-order valence-electron chi connectivity index (χ1n) is 9.10. The van der Waals surface area contributed by atoms with E-state index in [2.05, 4.69) is 0 Å². The predicted molar refractivity (Wildman–Crippen MR) is 104 cm³/mol. The second-order valence-corrected chi connectivity index (χ2v) is 6.33. The standard InChI is InChI=1S/C21H29NO5/c1-16-4-7-19(8-5-16)27-11-10-22-13-18(23)15-26-14-17-6-9-20(24-2)21(12-17)25-3/h4-9,12,18,22-23H,10-11,13-15H2,1-3H3/p+1/t18-/m1/s1.